The zero-order valence-electron chi connectivity index (χ0n) is 14.5. The summed E-state index contributed by atoms with van der Waals surface area (Å²) in [4.78, 5) is 6.59. The topological polar surface area (TPSA) is 36.9 Å². The van der Waals surface area contributed by atoms with Crippen LogP contribution in [0.15, 0.2) is 35.3 Å². The maximum absolute atomic E-state index is 5.50. The van der Waals surface area contributed by atoms with E-state index < -0.39 is 0 Å². The van der Waals surface area contributed by atoms with E-state index in [1.165, 1.54) is 18.4 Å². The lowest BCUT2D eigenvalue weighted by atomic mass is 10.0. The monoisotopic (exact) mass is 431 g/mol. The lowest BCUT2D eigenvalue weighted by Crippen LogP contribution is -2.41. The molecule has 0 heterocycles. The number of nitrogens with zero attached hydrogens (tertiary/aromatic N) is 2. The molecule has 130 valence electrons. The standard InChI is InChI=1S/C18H29N3O.HI/c1-4-22-13-12-18(10-11-18)15-20-17(19-2)21(3)14-16-8-6-5-7-9-16;/h5-9H,4,10-15H2,1-3H3,(H,19,20);1H. The van der Waals surface area contributed by atoms with E-state index >= 15 is 0 Å². The Labute approximate surface area is 157 Å². The van der Waals surface area contributed by atoms with Crippen molar-refractivity contribution in [3.8, 4) is 0 Å². The lowest BCUT2D eigenvalue weighted by molar-refractivity contribution is 0.128. The van der Waals surface area contributed by atoms with Crippen LogP contribution in [0.1, 0.15) is 31.7 Å². The van der Waals surface area contributed by atoms with Crippen molar-refractivity contribution < 1.29 is 4.74 Å². The Morgan fingerprint density at radius 3 is 2.57 bits per heavy atom. The van der Waals surface area contributed by atoms with Gasteiger partial charge in [0.25, 0.3) is 0 Å². The first-order valence-corrected chi connectivity index (χ1v) is 8.22. The third-order valence-electron chi connectivity index (χ3n) is 4.40. The van der Waals surface area contributed by atoms with Crippen LogP contribution in [0.4, 0.5) is 0 Å². The van der Waals surface area contributed by atoms with Crippen molar-refractivity contribution in [3.05, 3.63) is 35.9 Å². The molecule has 1 N–H and O–H groups in total. The molecule has 0 aliphatic heterocycles. The van der Waals surface area contributed by atoms with Gasteiger partial charge in [-0.2, -0.15) is 0 Å². The van der Waals surface area contributed by atoms with E-state index in [-0.39, 0.29) is 24.0 Å². The molecule has 0 unspecified atom stereocenters. The van der Waals surface area contributed by atoms with Crippen LogP contribution in [-0.4, -0.2) is 44.7 Å². The summed E-state index contributed by atoms with van der Waals surface area (Å²) in [6.45, 7) is 5.60. The van der Waals surface area contributed by atoms with Gasteiger partial charge in [-0.25, -0.2) is 0 Å². The van der Waals surface area contributed by atoms with E-state index in [9.17, 15) is 0 Å². The maximum atomic E-state index is 5.50. The fourth-order valence-corrected chi connectivity index (χ4v) is 2.71. The molecule has 1 aromatic carbocycles. The van der Waals surface area contributed by atoms with Crippen LogP contribution in [0.5, 0.6) is 0 Å². The molecule has 0 spiro atoms. The zero-order valence-corrected chi connectivity index (χ0v) is 16.9. The van der Waals surface area contributed by atoms with E-state index in [1.807, 2.05) is 13.1 Å². The van der Waals surface area contributed by atoms with Crippen LogP contribution in [0, 0.1) is 5.41 Å². The molecule has 0 aromatic heterocycles. The van der Waals surface area contributed by atoms with Gasteiger partial charge in [0.2, 0.25) is 0 Å². The van der Waals surface area contributed by atoms with Gasteiger partial charge in [-0.1, -0.05) is 30.3 Å². The Morgan fingerprint density at radius 1 is 1.30 bits per heavy atom. The maximum Gasteiger partial charge on any atom is 0.193 e. The number of hydrogen-bond donors (Lipinski definition) is 1. The van der Waals surface area contributed by atoms with E-state index in [4.69, 9.17) is 4.74 Å². The minimum absolute atomic E-state index is 0. The highest BCUT2D eigenvalue weighted by molar-refractivity contribution is 14.0. The summed E-state index contributed by atoms with van der Waals surface area (Å²) in [7, 11) is 3.94. The van der Waals surface area contributed by atoms with Crippen molar-refractivity contribution in [3.63, 3.8) is 0 Å². The van der Waals surface area contributed by atoms with Crippen molar-refractivity contribution in [1.29, 1.82) is 0 Å². The summed E-state index contributed by atoms with van der Waals surface area (Å²) in [5.41, 5.74) is 1.73. The fourth-order valence-electron chi connectivity index (χ4n) is 2.71. The molecule has 1 saturated carbocycles. The molecule has 1 aliphatic carbocycles. The van der Waals surface area contributed by atoms with E-state index in [0.717, 1.165) is 38.7 Å². The highest BCUT2D eigenvalue weighted by Gasteiger charge is 2.42. The molecule has 23 heavy (non-hydrogen) atoms. The summed E-state index contributed by atoms with van der Waals surface area (Å²) >= 11 is 0. The predicted octanol–water partition coefficient (Wildman–Crippen LogP) is 3.52. The normalized spacial score (nSPS) is 15.7. The minimum atomic E-state index is 0. The lowest BCUT2D eigenvalue weighted by Gasteiger charge is -2.24. The number of hydrogen-bond acceptors (Lipinski definition) is 2. The summed E-state index contributed by atoms with van der Waals surface area (Å²) in [6.07, 6.45) is 3.74. The minimum Gasteiger partial charge on any atom is -0.382 e. The molecule has 1 aromatic rings. The second-order valence-electron chi connectivity index (χ2n) is 6.19. The number of guanidine groups is 1. The quantitative estimate of drug-likeness (QED) is 0.296. The number of nitrogens with one attached hydrogen (secondary N) is 1. The number of benzene rings is 1. The molecule has 1 fully saturated rings. The summed E-state index contributed by atoms with van der Waals surface area (Å²) in [6, 6.07) is 10.5. The van der Waals surface area contributed by atoms with E-state index in [2.05, 4.69) is 53.4 Å². The number of ether oxygens (including phenoxy) is 1. The molecule has 0 radical (unpaired) electrons. The molecular weight excluding hydrogens is 401 g/mol. The SMILES string of the molecule is CCOCCC1(CNC(=NC)N(C)Cc2ccccc2)CC1.I. The van der Waals surface area contributed by atoms with Crippen molar-refractivity contribution in [2.75, 3.05) is 33.9 Å². The van der Waals surface area contributed by atoms with Gasteiger partial charge in [0.15, 0.2) is 5.96 Å². The molecule has 0 bridgehead atoms. The van der Waals surface area contributed by atoms with Gasteiger partial charge in [0, 0.05) is 40.4 Å². The van der Waals surface area contributed by atoms with Gasteiger partial charge >= 0.3 is 0 Å². The Kier molecular flexibility index (Phi) is 8.91. The Bertz CT molecular complexity index is 474. The summed E-state index contributed by atoms with van der Waals surface area (Å²) < 4.78 is 5.50. The van der Waals surface area contributed by atoms with Gasteiger partial charge in [-0.3, -0.25) is 4.99 Å². The van der Waals surface area contributed by atoms with E-state index in [0.29, 0.717) is 5.41 Å². The van der Waals surface area contributed by atoms with Gasteiger partial charge in [-0.15, -0.1) is 24.0 Å². The van der Waals surface area contributed by atoms with Crippen LogP contribution in [0.25, 0.3) is 0 Å². The second kappa shape index (κ2) is 10.1. The van der Waals surface area contributed by atoms with Gasteiger partial charge in [-0.05, 0) is 37.2 Å². The first-order chi connectivity index (χ1) is 10.7. The average Bonchev–Trinajstić information content (AvgIpc) is 3.29. The van der Waals surface area contributed by atoms with Crippen LogP contribution >= 0.6 is 24.0 Å². The van der Waals surface area contributed by atoms with Gasteiger partial charge < -0.3 is 15.0 Å². The largest absolute Gasteiger partial charge is 0.382 e. The third kappa shape index (κ3) is 6.67. The van der Waals surface area contributed by atoms with Crippen molar-refractivity contribution in [2.24, 2.45) is 10.4 Å². The first-order valence-electron chi connectivity index (χ1n) is 8.22. The molecule has 0 amide bonds. The molecule has 4 nitrogen and oxygen atoms in total. The molecule has 1 aliphatic rings. The number of aliphatic imine (C=N–C) groups is 1. The smallest absolute Gasteiger partial charge is 0.193 e. The van der Waals surface area contributed by atoms with Crippen molar-refractivity contribution in [1.82, 2.24) is 10.2 Å². The zero-order chi connectivity index (χ0) is 15.8. The van der Waals surface area contributed by atoms with Crippen LogP contribution in [-0.2, 0) is 11.3 Å². The van der Waals surface area contributed by atoms with Gasteiger partial charge in [0.05, 0.1) is 0 Å². The molecule has 0 atom stereocenters. The first kappa shape index (κ1) is 20.2. The molecular formula is C18H30IN3O. The number of halogens is 1. The molecule has 2 rings (SSSR count). The predicted molar refractivity (Wildman–Crippen MR) is 107 cm³/mol. The van der Waals surface area contributed by atoms with Crippen LogP contribution in [0.3, 0.4) is 0 Å². The highest BCUT2D eigenvalue weighted by Crippen LogP contribution is 2.48. The van der Waals surface area contributed by atoms with Crippen LogP contribution < -0.4 is 5.32 Å². The second-order valence-corrected chi connectivity index (χ2v) is 6.19. The van der Waals surface area contributed by atoms with Gasteiger partial charge in [0.1, 0.15) is 0 Å². The Morgan fingerprint density at radius 2 is 2.00 bits per heavy atom. The fraction of sp³-hybridized carbons (Fsp3) is 0.611. The number of rotatable bonds is 8. The Balaban J connectivity index is 0.00000264. The Hall–Kier alpha value is -0.820. The third-order valence-corrected chi connectivity index (χ3v) is 4.40. The summed E-state index contributed by atoms with van der Waals surface area (Å²) in [5.74, 6) is 0.964. The van der Waals surface area contributed by atoms with E-state index in [1.54, 1.807) is 0 Å². The van der Waals surface area contributed by atoms with Crippen molar-refractivity contribution >= 4 is 29.9 Å². The van der Waals surface area contributed by atoms with Crippen LogP contribution in [0.2, 0.25) is 0 Å². The summed E-state index contributed by atoms with van der Waals surface area (Å²) in [5, 5.41) is 3.54. The molecule has 5 heteroatoms. The van der Waals surface area contributed by atoms with Crippen molar-refractivity contribution in [2.45, 2.75) is 32.7 Å². The average molecular weight is 431 g/mol. The highest BCUT2D eigenvalue weighted by atomic mass is 127. The molecule has 0 saturated heterocycles.